The van der Waals surface area contributed by atoms with Crippen LogP contribution in [0.4, 0.5) is 0 Å². The van der Waals surface area contributed by atoms with Crippen LogP contribution in [0.5, 0.6) is 0 Å². The van der Waals surface area contributed by atoms with Crippen molar-refractivity contribution in [2.45, 2.75) is 85.0 Å². The second-order valence-electron chi connectivity index (χ2n) is 11.2. The zero-order valence-corrected chi connectivity index (χ0v) is 20.9. The Morgan fingerprint density at radius 1 is 0.906 bits per heavy atom. The molecule has 0 saturated heterocycles. The van der Waals surface area contributed by atoms with Crippen molar-refractivity contribution in [3.8, 4) is 0 Å². The molecule has 2 aliphatic rings. The van der Waals surface area contributed by atoms with Gasteiger partial charge in [-0.1, -0.05) is 69.7 Å². The highest BCUT2D eigenvalue weighted by molar-refractivity contribution is 5.84. The van der Waals surface area contributed by atoms with Crippen molar-refractivity contribution in [3.05, 3.63) is 81.1 Å². The van der Waals surface area contributed by atoms with Crippen LogP contribution in [0.1, 0.15) is 101 Å². The zero-order valence-electron chi connectivity index (χ0n) is 20.9. The number of aryl methyl sites for hydroxylation is 1. The van der Waals surface area contributed by atoms with Crippen LogP contribution < -0.4 is 0 Å². The van der Waals surface area contributed by atoms with Gasteiger partial charge in [0.25, 0.3) is 0 Å². The highest BCUT2D eigenvalue weighted by atomic mass is 16.5. The summed E-state index contributed by atoms with van der Waals surface area (Å²) in [5.74, 6) is 0.998. The topological polar surface area (TPSA) is 29.5 Å². The van der Waals surface area contributed by atoms with E-state index in [2.05, 4.69) is 84.9 Å². The van der Waals surface area contributed by atoms with Gasteiger partial charge in [-0.05, 0) is 84.3 Å². The third-order valence-corrected chi connectivity index (χ3v) is 7.47. The Bertz CT molecular complexity index is 1090. The Morgan fingerprint density at radius 3 is 2.06 bits per heavy atom. The summed E-state index contributed by atoms with van der Waals surface area (Å²) in [5, 5.41) is 10.3. The normalized spacial score (nSPS) is 19.2. The molecule has 0 spiro atoms. The Hall–Kier alpha value is -2.48. The lowest BCUT2D eigenvalue weighted by Crippen LogP contribution is -2.34. The van der Waals surface area contributed by atoms with E-state index < -0.39 is 0 Å². The van der Waals surface area contributed by atoms with Gasteiger partial charge in [0, 0.05) is 12.0 Å². The van der Waals surface area contributed by atoms with Crippen molar-refractivity contribution in [1.82, 2.24) is 0 Å². The van der Waals surface area contributed by atoms with Gasteiger partial charge in [-0.15, -0.1) is 0 Å². The second-order valence-corrected chi connectivity index (χ2v) is 11.2. The molecule has 0 bridgehead atoms. The van der Waals surface area contributed by atoms with Crippen molar-refractivity contribution in [3.63, 3.8) is 0 Å². The summed E-state index contributed by atoms with van der Waals surface area (Å²) in [6.45, 7) is 16.9. The lowest BCUT2D eigenvalue weighted by molar-refractivity contribution is 0.217. The SMILES string of the molecule is CC(C)=C(c1ccc(C2=C(O)CCCO2)cc1)c1cc2c(cc1C)C(C)(C)CCC2(C)C. The molecule has 4 rings (SSSR count). The lowest BCUT2D eigenvalue weighted by atomic mass is 9.62. The number of aliphatic hydroxyl groups excluding tert-OH is 1. The maximum absolute atomic E-state index is 10.3. The van der Waals surface area contributed by atoms with Crippen LogP contribution >= 0.6 is 0 Å². The number of hydrogen-bond acceptors (Lipinski definition) is 2. The third-order valence-electron chi connectivity index (χ3n) is 7.47. The summed E-state index contributed by atoms with van der Waals surface area (Å²) in [4.78, 5) is 0. The molecule has 1 aliphatic carbocycles. The van der Waals surface area contributed by atoms with Crippen molar-refractivity contribution in [2.75, 3.05) is 6.61 Å². The van der Waals surface area contributed by atoms with Crippen molar-refractivity contribution in [1.29, 1.82) is 0 Å². The smallest absolute Gasteiger partial charge is 0.163 e. The van der Waals surface area contributed by atoms with Gasteiger partial charge in [0.15, 0.2) is 5.76 Å². The minimum Gasteiger partial charge on any atom is -0.508 e. The van der Waals surface area contributed by atoms with Gasteiger partial charge in [0.1, 0.15) is 5.76 Å². The van der Waals surface area contributed by atoms with E-state index in [0.29, 0.717) is 24.5 Å². The van der Waals surface area contributed by atoms with Gasteiger partial charge in [-0.3, -0.25) is 0 Å². The third kappa shape index (κ3) is 4.00. The minimum absolute atomic E-state index is 0.187. The van der Waals surface area contributed by atoms with Crippen LogP contribution in [0.25, 0.3) is 11.3 Å². The Balaban J connectivity index is 1.81. The van der Waals surface area contributed by atoms with E-state index in [4.69, 9.17) is 4.74 Å². The van der Waals surface area contributed by atoms with E-state index in [1.165, 1.54) is 51.8 Å². The molecule has 2 heteroatoms. The zero-order chi connectivity index (χ0) is 23.3. The predicted octanol–water partition coefficient (Wildman–Crippen LogP) is 8.22. The Kier molecular flexibility index (Phi) is 5.77. The molecular formula is C30H38O2. The van der Waals surface area contributed by atoms with E-state index >= 15 is 0 Å². The van der Waals surface area contributed by atoms with Crippen LogP contribution in [-0.2, 0) is 15.6 Å². The van der Waals surface area contributed by atoms with Crippen molar-refractivity contribution in [2.24, 2.45) is 0 Å². The quantitative estimate of drug-likeness (QED) is 0.531. The summed E-state index contributed by atoms with van der Waals surface area (Å²) >= 11 is 0. The first-order valence-electron chi connectivity index (χ1n) is 12.0. The molecule has 2 aromatic rings. The van der Waals surface area contributed by atoms with Gasteiger partial charge >= 0.3 is 0 Å². The molecule has 0 fully saturated rings. The van der Waals surface area contributed by atoms with E-state index in [-0.39, 0.29) is 10.8 Å². The van der Waals surface area contributed by atoms with E-state index in [1.807, 2.05) is 0 Å². The molecule has 0 aromatic heterocycles. The number of hydrogen-bond donors (Lipinski definition) is 1. The number of aliphatic hydroxyl groups is 1. The van der Waals surface area contributed by atoms with Crippen molar-refractivity contribution >= 4 is 11.3 Å². The summed E-state index contributed by atoms with van der Waals surface area (Å²) in [6.07, 6.45) is 4.01. The fourth-order valence-electron chi connectivity index (χ4n) is 5.35. The van der Waals surface area contributed by atoms with Crippen LogP contribution in [0, 0.1) is 6.92 Å². The highest BCUT2D eigenvalue weighted by Gasteiger charge is 2.37. The molecule has 0 radical (unpaired) electrons. The summed E-state index contributed by atoms with van der Waals surface area (Å²) in [7, 11) is 0. The first-order valence-corrected chi connectivity index (χ1v) is 12.0. The number of ether oxygens (including phenoxy) is 1. The van der Waals surface area contributed by atoms with Crippen LogP contribution in [0.3, 0.4) is 0 Å². The molecular weight excluding hydrogens is 392 g/mol. The van der Waals surface area contributed by atoms with Gasteiger partial charge in [-0.25, -0.2) is 0 Å². The summed E-state index contributed by atoms with van der Waals surface area (Å²) in [6, 6.07) is 13.4. The molecule has 2 nitrogen and oxygen atoms in total. The number of rotatable bonds is 3. The molecule has 2 aromatic carbocycles. The molecule has 1 heterocycles. The average molecular weight is 431 g/mol. The molecule has 1 aliphatic heterocycles. The van der Waals surface area contributed by atoms with Gasteiger partial charge in [-0.2, -0.15) is 0 Å². The average Bonchev–Trinajstić information content (AvgIpc) is 2.73. The molecule has 0 saturated carbocycles. The van der Waals surface area contributed by atoms with Gasteiger partial charge in [0.2, 0.25) is 0 Å². The summed E-state index contributed by atoms with van der Waals surface area (Å²) in [5.41, 5.74) is 10.9. The largest absolute Gasteiger partial charge is 0.508 e. The maximum atomic E-state index is 10.3. The van der Waals surface area contributed by atoms with E-state index in [0.717, 1.165) is 12.0 Å². The monoisotopic (exact) mass is 430 g/mol. The molecule has 0 amide bonds. The van der Waals surface area contributed by atoms with Crippen molar-refractivity contribution < 1.29 is 9.84 Å². The predicted molar refractivity (Wildman–Crippen MR) is 135 cm³/mol. The summed E-state index contributed by atoms with van der Waals surface area (Å²) < 4.78 is 5.75. The Labute approximate surface area is 194 Å². The Morgan fingerprint density at radius 2 is 1.50 bits per heavy atom. The molecule has 170 valence electrons. The highest BCUT2D eigenvalue weighted by Crippen LogP contribution is 2.47. The van der Waals surface area contributed by atoms with Gasteiger partial charge in [0.05, 0.1) is 6.61 Å². The fourth-order valence-corrected chi connectivity index (χ4v) is 5.35. The molecule has 32 heavy (non-hydrogen) atoms. The molecule has 1 N–H and O–H groups in total. The van der Waals surface area contributed by atoms with E-state index in [1.54, 1.807) is 0 Å². The minimum atomic E-state index is 0.187. The fraction of sp³-hybridized carbons (Fsp3) is 0.467. The standard InChI is InChI=1S/C30H38O2/c1-19(2)27(21-10-12-22(13-11-21)28-26(31)9-8-16-32-28)23-18-25-24(17-20(23)3)29(4,5)14-15-30(25,6)7/h10-13,17-18,31H,8-9,14-16H2,1-7H3. The lowest BCUT2D eigenvalue weighted by Gasteiger charge is -2.42. The van der Waals surface area contributed by atoms with Crippen LogP contribution in [-0.4, -0.2) is 11.7 Å². The van der Waals surface area contributed by atoms with Crippen LogP contribution in [0.15, 0.2) is 47.7 Å². The molecule has 0 unspecified atom stereocenters. The molecule has 0 atom stereocenters. The van der Waals surface area contributed by atoms with E-state index in [9.17, 15) is 5.11 Å². The number of fused-ring (bicyclic) bond motifs is 1. The number of benzene rings is 2. The number of allylic oxidation sites excluding steroid dienone is 2. The second kappa shape index (κ2) is 8.14. The first-order chi connectivity index (χ1) is 15.0. The van der Waals surface area contributed by atoms with Gasteiger partial charge < -0.3 is 9.84 Å². The first kappa shape index (κ1) is 22.7. The maximum Gasteiger partial charge on any atom is 0.163 e. The van der Waals surface area contributed by atoms with Crippen LogP contribution in [0.2, 0.25) is 0 Å².